The average molecular weight is 352 g/mol. The van der Waals surface area contributed by atoms with Gasteiger partial charge in [0, 0.05) is 29.2 Å². The van der Waals surface area contributed by atoms with Crippen LogP contribution < -0.4 is 4.90 Å². The molecule has 4 heteroatoms. The Balaban J connectivity index is 1.91. The van der Waals surface area contributed by atoms with Crippen LogP contribution in [0, 0.1) is 0 Å². The summed E-state index contributed by atoms with van der Waals surface area (Å²) >= 11 is 3.64. The van der Waals surface area contributed by atoms with Gasteiger partial charge in [0.15, 0.2) is 0 Å². The van der Waals surface area contributed by atoms with Gasteiger partial charge in [-0.1, -0.05) is 41.6 Å². The molecule has 3 rings (SSSR count). The molecule has 0 N–H and O–H groups in total. The maximum Gasteiger partial charge on any atom is 0.135 e. The monoisotopic (exact) mass is 351 g/mol. The molecule has 3 nitrogen and oxygen atoms in total. The zero-order valence-electron chi connectivity index (χ0n) is 12.9. The van der Waals surface area contributed by atoms with Crippen LogP contribution in [0.25, 0.3) is 0 Å². The lowest BCUT2D eigenvalue weighted by Crippen LogP contribution is -2.39. The lowest BCUT2D eigenvalue weighted by molar-refractivity contribution is 0.416. The van der Waals surface area contributed by atoms with E-state index in [1.165, 1.54) is 68.4 Å². The van der Waals surface area contributed by atoms with Gasteiger partial charge in [-0.3, -0.25) is 0 Å². The van der Waals surface area contributed by atoms with Crippen LogP contribution in [0.3, 0.4) is 0 Å². The minimum atomic E-state index is 0.679. The highest BCUT2D eigenvalue weighted by molar-refractivity contribution is 9.09. The van der Waals surface area contributed by atoms with Crippen molar-refractivity contribution in [1.29, 1.82) is 0 Å². The van der Waals surface area contributed by atoms with Crippen molar-refractivity contribution in [2.45, 2.75) is 70.3 Å². The van der Waals surface area contributed by atoms with E-state index in [4.69, 9.17) is 4.98 Å². The molecule has 21 heavy (non-hydrogen) atoms. The molecule has 1 aromatic heterocycles. The summed E-state index contributed by atoms with van der Waals surface area (Å²) in [7, 11) is 0. The van der Waals surface area contributed by atoms with Crippen molar-refractivity contribution >= 4 is 21.7 Å². The fourth-order valence-corrected chi connectivity index (χ4v) is 4.26. The van der Waals surface area contributed by atoms with Crippen molar-refractivity contribution in [2.75, 3.05) is 16.8 Å². The predicted octanol–water partition coefficient (Wildman–Crippen LogP) is 4.28. The number of nitrogens with zero attached hydrogens (tertiary/aromatic N) is 3. The third-order valence-corrected chi connectivity index (χ3v) is 5.32. The number of rotatable bonds is 4. The number of alkyl halides is 1. The normalized spacial score (nSPS) is 19.9. The number of halogens is 1. The molecule has 0 amide bonds. The molecule has 1 saturated carbocycles. The molecule has 0 unspecified atom stereocenters. The number of aryl methyl sites for hydroxylation is 1. The molecule has 0 aromatic carbocycles. The van der Waals surface area contributed by atoms with E-state index < -0.39 is 0 Å². The highest BCUT2D eigenvalue weighted by Crippen LogP contribution is 2.31. The van der Waals surface area contributed by atoms with Crippen LogP contribution in [0.2, 0.25) is 0 Å². The Morgan fingerprint density at radius 1 is 1.00 bits per heavy atom. The highest BCUT2D eigenvalue weighted by Gasteiger charge is 2.25. The summed E-state index contributed by atoms with van der Waals surface area (Å²) in [5, 5.41) is 1.02. The molecule has 2 aliphatic rings. The molecule has 1 heterocycles. The average Bonchev–Trinajstić information content (AvgIpc) is 2.79. The zero-order valence-corrected chi connectivity index (χ0v) is 14.4. The first-order chi connectivity index (χ1) is 10.4. The molecule has 0 aliphatic heterocycles. The van der Waals surface area contributed by atoms with Crippen molar-refractivity contribution in [3.63, 3.8) is 0 Å². The Labute approximate surface area is 136 Å². The number of anilines is 1. The molecule has 1 aromatic rings. The summed E-state index contributed by atoms with van der Waals surface area (Å²) in [5.74, 6) is 1.24. The van der Waals surface area contributed by atoms with Gasteiger partial charge in [-0.05, 0) is 38.5 Å². The fraction of sp³-hybridized carbons (Fsp3) is 0.765. The zero-order chi connectivity index (χ0) is 14.5. The van der Waals surface area contributed by atoms with Gasteiger partial charge < -0.3 is 4.90 Å². The van der Waals surface area contributed by atoms with E-state index >= 15 is 0 Å². The summed E-state index contributed by atoms with van der Waals surface area (Å²) in [4.78, 5) is 11.9. The second-order valence-corrected chi connectivity index (χ2v) is 7.15. The fourth-order valence-electron chi connectivity index (χ4n) is 3.87. The summed E-state index contributed by atoms with van der Waals surface area (Å²) in [5.41, 5.74) is 2.76. The molecule has 2 aliphatic carbocycles. The number of aromatic nitrogens is 2. The third kappa shape index (κ3) is 3.58. The first-order valence-electron chi connectivity index (χ1n) is 8.55. The van der Waals surface area contributed by atoms with E-state index in [0.717, 1.165) is 24.7 Å². The quantitative estimate of drug-likeness (QED) is 0.598. The molecule has 0 atom stereocenters. The number of hydrogen-bond donors (Lipinski definition) is 0. The van der Waals surface area contributed by atoms with E-state index in [1.807, 2.05) is 0 Å². The largest absolute Gasteiger partial charge is 0.352 e. The van der Waals surface area contributed by atoms with Crippen LogP contribution in [0.4, 0.5) is 5.82 Å². The smallest absolute Gasteiger partial charge is 0.135 e. The van der Waals surface area contributed by atoms with E-state index in [2.05, 4.69) is 25.8 Å². The third-order valence-electron chi connectivity index (χ3n) is 4.97. The van der Waals surface area contributed by atoms with Crippen molar-refractivity contribution in [1.82, 2.24) is 9.97 Å². The standard InChI is InChI=1S/C17H26BrN3/c18-11-12-21(14-7-3-1-4-8-14)17-15-9-5-2-6-10-16(15)19-13-20-17/h13-14H,1-12H2. The molecule has 0 saturated heterocycles. The van der Waals surface area contributed by atoms with E-state index in [0.29, 0.717) is 6.04 Å². The minimum absolute atomic E-state index is 0.679. The molecular weight excluding hydrogens is 326 g/mol. The second kappa shape index (κ2) is 7.57. The maximum absolute atomic E-state index is 4.72. The van der Waals surface area contributed by atoms with E-state index in [-0.39, 0.29) is 0 Å². The van der Waals surface area contributed by atoms with Crippen LogP contribution in [-0.4, -0.2) is 27.9 Å². The van der Waals surface area contributed by atoms with Gasteiger partial charge >= 0.3 is 0 Å². The number of fused-ring (bicyclic) bond motifs is 1. The predicted molar refractivity (Wildman–Crippen MR) is 91.3 cm³/mol. The Bertz CT molecular complexity index is 457. The van der Waals surface area contributed by atoms with Gasteiger partial charge in [0.25, 0.3) is 0 Å². The van der Waals surface area contributed by atoms with Gasteiger partial charge in [-0.2, -0.15) is 0 Å². The second-order valence-electron chi connectivity index (χ2n) is 6.36. The molecule has 0 radical (unpaired) electrons. The lowest BCUT2D eigenvalue weighted by atomic mass is 9.93. The molecule has 0 spiro atoms. The lowest BCUT2D eigenvalue weighted by Gasteiger charge is -2.36. The number of hydrogen-bond acceptors (Lipinski definition) is 3. The molecule has 116 valence electrons. The van der Waals surface area contributed by atoms with Gasteiger partial charge in [0.05, 0.1) is 0 Å². The highest BCUT2D eigenvalue weighted by atomic mass is 79.9. The van der Waals surface area contributed by atoms with Crippen LogP contribution in [0.5, 0.6) is 0 Å². The Morgan fingerprint density at radius 3 is 2.57 bits per heavy atom. The molecule has 1 fully saturated rings. The maximum atomic E-state index is 4.72. The first-order valence-corrected chi connectivity index (χ1v) is 9.67. The van der Waals surface area contributed by atoms with E-state index in [9.17, 15) is 0 Å². The van der Waals surface area contributed by atoms with Crippen LogP contribution >= 0.6 is 15.9 Å². The summed E-state index contributed by atoms with van der Waals surface area (Å²) in [6.07, 6.45) is 14.8. The van der Waals surface area contributed by atoms with Gasteiger partial charge in [0.1, 0.15) is 12.1 Å². The Kier molecular flexibility index (Phi) is 5.50. The van der Waals surface area contributed by atoms with Crippen LogP contribution in [0.1, 0.15) is 62.6 Å². The molecular formula is C17H26BrN3. The van der Waals surface area contributed by atoms with Crippen molar-refractivity contribution in [3.05, 3.63) is 17.6 Å². The van der Waals surface area contributed by atoms with E-state index in [1.54, 1.807) is 6.33 Å². The summed E-state index contributed by atoms with van der Waals surface area (Å²) < 4.78 is 0. The first kappa shape index (κ1) is 15.3. The van der Waals surface area contributed by atoms with Crippen molar-refractivity contribution in [3.8, 4) is 0 Å². The van der Waals surface area contributed by atoms with Crippen LogP contribution in [-0.2, 0) is 12.8 Å². The Morgan fingerprint density at radius 2 is 1.76 bits per heavy atom. The van der Waals surface area contributed by atoms with Crippen molar-refractivity contribution < 1.29 is 0 Å². The molecule has 0 bridgehead atoms. The van der Waals surface area contributed by atoms with Gasteiger partial charge in [0.2, 0.25) is 0 Å². The van der Waals surface area contributed by atoms with Gasteiger partial charge in [-0.15, -0.1) is 0 Å². The minimum Gasteiger partial charge on any atom is -0.352 e. The van der Waals surface area contributed by atoms with Gasteiger partial charge in [-0.25, -0.2) is 9.97 Å². The summed E-state index contributed by atoms with van der Waals surface area (Å²) in [6.45, 7) is 1.06. The van der Waals surface area contributed by atoms with Crippen LogP contribution in [0.15, 0.2) is 6.33 Å². The SMILES string of the molecule is BrCCN(c1ncnc2c1CCCCC2)C1CCCCC1. The van der Waals surface area contributed by atoms with Crippen molar-refractivity contribution in [2.24, 2.45) is 0 Å². The summed E-state index contributed by atoms with van der Waals surface area (Å²) in [6, 6.07) is 0.679. The Hall–Kier alpha value is -0.640. The topological polar surface area (TPSA) is 29.0 Å².